The third-order valence-electron chi connectivity index (χ3n) is 3.00. The van der Waals surface area contributed by atoms with Gasteiger partial charge in [0.2, 0.25) is 0 Å². The van der Waals surface area contributed by atoms with E-state index in [9.17, 15) is 9.59 Å². The lowest BCUT2D eigenvalue weighted by Gasteiger charge is -2.22. The lowest BCUT2D eigenvalue weighted by Crippen LogP contribution is -2.26. The second-order valence-corrected chi connectivity index (χ2v) is 5.91. The zero-order chi connectivity index (χ0) is 15.2. The molecule has 4 heteroatoms. The number of carbonyl (C=O) groups excluding carboxylic acids is 2. The molecule has 21 heavy (non-hydrogen) atoms. The molecule has 2 rings (SSSR count). The fourth-order valence-electron chi connectivity index (χ4n) is 2.02. The van der Waals surface area contributed by atoms with Gasteiger partial charge in [0.1, 0.15) is 10.0 Å². The molecule has 0 aromatic heterocycles. The summed E-state index contributed by atoms with van der Waals surface area (Å²) >= 11 is 2.04. The molecular formula is C17H15IO3. The summed E-state index contributed by atoms with van der Waals surface area (Å²) in [6.07, 6.45) is -0.586. The number of hydrogen-bond acceptors (Lipinski definition) is 3. The van der Waals surface area contributed by atoms with Gasteiger partial charge >= 0.3 is 5.97 Å². The Morgan fingerprint density at radius 3 is 2.00 bits per heavy atom. The molecule has 0 amide bonds. The minimum absolute atomic E-state index is 0.0497. The van der Waals surface area contributed by atoms with E-state index in [1.165, 1.54) is 6.92 Å². The van der Waals surface area contributed by atoms with Gasteiger partial charge in [-0.2, -0.15) is 0 Å². The molecular weight excluding hydrogens is 379 g/mol. The molecule has 0 heterocycles. The van der Waals surface area contributed by atoms with E-state index in [1.54, 1.807) is 12.1 Å². The second-order valence-electron chi connectivity index (χ2n) is 4.57. The van der Waals surface area contributed by atoms with Crippen LogP contribution in [0.25, 0.3) is 0 Å². The number of ketones is 1. The Kier molecular flexibility index (Phi) is 5.50. The van der Waals surface area contributed by atoms with Gasteiger partial charge in [0.15, 0.2) is 5.78 Å². The summed E-state index contributed by atoms with van der Waals surface area (Å²) in [5, 5.41) is 0. The van der Waals surface area contributed by atoms with Crippen LogP contribution in [0.15, 0.2) is 60.7 Å². The Balaban J connectivity index is 2.28. The molecule has 0 spiro atoms. The predicted octanol–water partition coefficient (Wildman–Crippen LogP) is 3.98. The van der Waals surface area contributed by atoms with Crippen LogP contribution in [0.1, 0.15) is 28.9 Å². The topological polar surface area (TPSA) is 43.4 Å². The highest BCUT2D eigenvalue weighted by molar-refractivity contribution is 14.1. The summed E-state index contributed by atoms with van der Waals surface area (Å²) in [5.74, 6) is -0.447. The Morgan fingerprint density at radius 1 is 0.952 bits per heavy atom. The number of ether oxygens (including phenoxy) is 1. The quantitative estimate of drug-likeness (QED) is 0.334. The van der Waals surface area contributed by atoms with Crippen LogP contribution >= 0.6 is 22.6 Å². The maximum absolute atomic E-state index is 12.5. The monoisotopic (exact) mass is 394 g/mol. The number of Topliss-reactive ketones (excluding diaryl/α,β-unsaturated/α-hetero) is 1. The van der Waals surface area contributed by atoms with Crippen molar-refractivity contribution >= 4 is 34.3 Å². The SMILES string of the molecule is CC(=O)O[C@H](c1ccccc1)[C@@H](I)C(=O)c1ccccc1. The van der Waals surface area contributed by atoms with Crippen LogP contribution in [0.2, 0.25) is 0 Å². The largest absolute Gasteiger partial charge is 0.456 e. The fourth-order valence-corrected chi connectivity index (χ4v) is 2.94. The molecule has 2 aromatic carbocycles. The van der Waals surface area contributed by atoms with Gasteiger partial charge in [-0.15, -0.1) is 0 Å². The number of halogens is 1. The van der Waals surface area contributed by atoms with Crippen molar-refractivity contribution in [3.8, 4) is 0 Å². The van der Waals surface area contributed by atoms with Gasteiger partial charge in [-0.25, -0.2) is 0 Å². The van der Waals surface area contributed by atoms with Crippen molar-refractivity contribution in [2.24, 2.45) is 0 Å². The van der Waals surface area contributed by atoms with Gasteiger partial charge in [0.25, 0.3) is 0 Å². The highest BCUT2D eigenvalue weighted by Crippen LogP contribution is 2.29. The van der Waals surface area contributed by atoms with Gasteiger partial charge < -0.3 is 4.74 Å². The van der Waals surface area contributed by atoms with Crippen molar-refractivity contribution in [1.29, 1.82) is 0 Å². The zero-order valence-corrected chi connectivity index (χ0v) is 13.7. The Bertz CT molecular complexity index is 610. The normalized spacial score (nSPS) is 13.2. The summed E-state index contributed by atoms with van der Waals surface area (Å²) in [6.45, 7) is 1.35. The van der Waals surface area contributed by atoms with E-state index < -0.39 is 16.0 Å². The third-order valence-corrected chi connectivity index (χ3v) is 4.21. The molecule has 2 atom stereocenters. The van der Waals surface area contributed by atoms with E-state index in [2.05, 4.69) is 0 Å². The molecule has 2 aromatic rings. The number of esters is 1. The molecule has 0 aliphatic rings. The van der Waals surface area contributed by atoms with Gasteiger partial charge in [-0.3, -0.25) is 9.59 Å². The van der Waals surface area contributed by atoms with Crippen molar-refractivity contribution in [3.05, 3.63) is 71.8 Å². The lowest BCUT2D eigenvalue weighted by molar-refractivity contribution is -0.146. The molecule has 0 radical (unpaired) electrons. The highest BCUT2D eigenvalue weighted by Gasteiger charge is 2.30. The maximum Gasteiger partial charge on any atom is 0.303 e. The number of benzene rings is 2. The molecule has 0 saturated carbocycles. The smallest absolute Gasteiger partial charge is 0.303 e. The summed E-state index contributed by atoms with van der Waals surface area (Å²) in [4.78, 5) is 23.9. The average molecular weight is 394 g/mol. The molecule has 0 saturated heterocycles. The van der Waals surface area contributed by atoms with Crippen LogP contribution in [-0.4, -0.2) is 15.7 Å². The van der Waals surface area contributed by atoms with Crippen LogP contribution in [-0.2, 0) is 9.53 Å². The minimum atomic E-state index is -0.586. The van der Waals surface area contributed by atoms with E-state index in [1.807, 2.05) is 71.1 Å². The van der Waals surface area contributed by atoms with Crippen molar-refractivity contribution in [1.82, 2.24) is 0 Å². The number of carbonyl (C=O) groups is 2. The van der Waals surface area contributed by atoms with Crippen LogP contribution in [0.4, 0.5) is 0 Å². The predicted molar refractivity (Wildman–Crippen MR) is 89.5 cm³/mol. The first-order valence-electron chi connectivity index (χ1n) is 6.55. The number of rotatable bonds is 5. The molecule has 0 fully saturated rings. The average Bonchev–Trinajstić information content (AvgIpc) is 2.53. The fraction of sp³-hybridized carbons (Fsp3) is 0.176. The Hall–Kier alpha value is -1.69. The number of alkyl halides is 1. The number of hydrogen-bond donors (Lipinski definition) is 0. The van der Waals surface area contributed by atoms with E-state index in [-0.39, 0.29) is 5.78 Å². The molecule has 0 unspecified atom stereocenters. The van der Waals surface area contributed by atoms with Gasteiger partial charge in [0, 0.05) is 12.5 Å². The standard InChI is InChI=1S/C17H15IO3/c1-12(19)21-17(14-10-6-3-7-11-14)15(18)16(20)13-8-4-2-5-9-13/h2-11,15,17H,1H3/t15-,17+/m0/s1. The third kappa shape index (κ3) is 4.14. The van der Waals surface area contributed by atoms with Gasteiger partial charge in [-0.05, 0) is 5.56 Å². The first-order chi connectivity index (χ1) is 10.1. The molecule has 3 nitrogen and oxygen atoms in total. The molecule has 0 N–H and O–H groups in total. The second kappa shape index (κ2) is 7.36. The van der Waals surface area contributed by atoms with Crippen molar-refractivity contribution in [2.45, 2.75) is 17.0 Å². The molecule has 108 valence electrons. The van der Waals surface area contributed by atoms with Crippen molar-refractivity contribution in [2.75, 3.05) is 0 Å². The summed E-state index contributed by atoms with van der Waals surface area (Å²) < 4.78 is 4.90. The van der Waals surface area contributed by atoms with E-state index in [0.29, 0.717) is 5.56 Å². The minimum Gasteiger partial charge on any atom is -0.456 e. The van der Waals surface area contributed by atoms with Crippen LogP contribution in [0.5, 0.6) is 0 Å². The lowest BCUT2D eigenvalue weighted by atomic mass is 10.00. The van der Waals surface area contributed by atoms with E-state index >= 15 is 0 Å². The summed E-state index contributed by atoms with van der Waals surface area (Å²) in [5.41, 5.74) is 1.43. The highest BCUT2D eigenvalue weighted by atomic mass is 127. The Labute approximate surface area is 137 Å². The van der Waals surface area contributed by atoms with Gasteiger partial charge in [0.05, 0.1) is 0 Å². The van der Waals surface area contributed by atoms with Crippen molar-refractivity contribution in [3.63, 3.8) is 0 Å². The molecule has 0 aliphatic heterocycles. The van der Waals surface area contributed by atoms with Gasteiger partial charge in [-0.1, -0.05) is 83.3 Å². The van der Waals surface area contributed by atoms with Crippen LogP contribution in [0.3, 0.4) is 0 Å². The maximum atomic E-state index is 12.5. The van der Waals surface area contributed by atoms with Crippen LogP contribution < -0.4 is 0 Å². The zero-order valence-electron chi connectivity index (χ0n) is 11.5. The molecule has 0 aliphatic carbocycles. The van der Waals surface area contributed by atoms with Crippen LogP contribution in [0, 0.1) is 0 Å². The van der Waals surface area contributed by atoms with E-state index in [0.717, 1.165) is 5.56 Å². The molecule has 0 bridgehead atoms. The first kappa shape index (κ1) is 15.7. The summed E-state index contributed by atoms with van der Waals surface area (Å²) in [7, 11) is 0. The van der Waals surface area contributed by atoms with Crippen molar-refractivity contribution < 1.29 is 14.3 Å². The first-order valence-corrected chi connectivity index (χ1v) is 7.79. The Morgan fingerprint density at radius 2 is 1.48 bits per heavy atom. The van der Waals surface area contributed by atoms with E-state index in [4.69, 9.17) is 4.74 Å². The summed E-state index contributed by atoms with van der Waals surface area (Å²) in [6, 6.07) is 18.4.